The molecule has 0 radical (unpaired) electrons. The van der Waals surface area contributed by atoms with Gasteiger partial charge >= 0.3 is 5.91 Å². The second-order valence-electron chi connectivity index (χ2n) is 2.01. The molecule has 1 fully saturated rings. The predicted octanol–water partition coefficient (Wildman–Crippen LogP) is -0.651. The van der Waals surface area contributed by atoms with Crippen LogP contribution in [0.15, 0.2) is 0 Å². The molecule has 1 atom stereocenters. The van der Waals surface area contributed by atoms with E-state index in [1.54, 1.807) is 0 Å². The van der Waals surface area contributed by atoms with Crippen LogP contribution in [0, 0.1) is 20.0 Å². The monoisotopic (exact) mass is 111 g/mol. The molecule has 1 unspecified atom stereocenters. The van der Waals surface area contributed by atoms with Crippen LogP contribution in [0.5, 0.6) is 0 Å². The van der Waals surface area contributed by atoms with Crippen molar-refractivity contribution < 1.29 is 9.69 Å². The number of amides is 1. The Balaban J connectivity index is 2.56. The minimum Gasteiger partial charge on any atom is -0.265 e. The molecule has 1 N–H and O–H groups in total. The third-order valence-electron chi connectivity index (χ3n) is 1.42. The second-order valence-corrected chi connectivity index (χ2v) is 2.01. The lowest BCUT2D eigenvalue weighted by Crippen LogP contribution is -3.07. The maximum atomic E-state index is 10.6. The van der Waals surface area contributed by atoms with Crippen molar-refractivity contribution in [3.63, 3.8) is 0 Å². The Morgan fingerprint density at radius 1 is 1.75 bits per heavy atom. The molecule has 0 aromatic rings. The van der Waals surface area contributed by atoms with Gasteiger partial charge in [0.1, 0.15) is 12.8 Å². The first kappa shape index (κ1) is 5.63. The van der Waals surface area contributed by atoms with Gasteiger partial charge in [0.25, 0.3) is 0 Å². The first-order valence-electron chi connectivity index (χ1n) is 2.62. The quantitative estimate of drug-likeness (QED) is 0.412. The molecule has 1 saturated heterocycles. The summed E-state index contributed by atoms with van der Waals surface area (Å²) in [5.74, 6) is 0.162. The van der Waals surface area contributed by atoms with E-state index in [2.05, 4.69) is 14.0 Å². The van der Waals surface area contributed by atoms with E-state index in [0.29, 0.717) is 11.3 Å². The topological polar surface area (TPSA) is 21.5 Å². The third-order valence-corrected chi connectivity index (χ3v) is 1.42. The first-order valence-corrected chi connectivity index (χ1v) is 2.62. The van der Waals surface area contributed by atoms with Gasteiger partial charge in [-0.15, -0.1) is 7.05 Å². The van der Waals surface area contributed by atoms with Crippen molar-refractivity contribution in [1.82, 2.24) is 0 Å². The number of hydrogen-bond donors (Lipinski definition) is 1. The fourth-order valence-electron chi connectivity index (χ4n) is 0.763. The molecule has 0 aromatic carbocycles. The zero-order valence-corrected chi connectivity index (χ0v) is 4.74. The van der Waals surface area contributed by atoms with Gasteiger partial charge in [0.2, 0.25) is 0 Å². The summed E-state index contributed by atoms with van der Waals surface area (Å²) in [6.07, 6.45) is 1.44. The Morgan fingerprint density at radius 2 is 2.38 bits per heavy atom. The number of rotatable bonds is 0. The van der Waals surface area contributed by atoms with Crippen molar-refractivity contribution in [1.29, 1.82) is 0 Å². The summed E-state index contributed by atoms with van der Waals surface area (Å²) in [6.45, 7) is 3.67. The highest BCUT2D eigenvalue weighted by Crippen LogP contribution is 2.04. The molecular weight excluding hydrogens is 102 g/mol. The summed E-state index contributed by atoms with van der Waals surface area (Å²) in [5.41, 5.74) is 0. The maximum Gasteiger partial charge on any atom is 0.326 e. The van der Waals surface area contributed by atoms with Gasteiger partial charge in [-0.1, -0.05) is 6.92 Å². The minimum absolute atomic E-state index is 0.162. The predicted molar refractivity (Wildman–Crippen MR) is 29.2 cm³/mol. The largest absolute Gasteiger partial charge is 0.326 e. The number of nitrogens with one attached hydrogen (secondary N) is 1. The fourth-order valence-corrected chi connectivity index (χ4v) is 0.763. The maximum absolute atomic E-state index is 10.6. The summed E-state index contributed by atoms with van der Waals surface area (Å²) in [4.78, 5) is 11.3. The van der Waals surface area contributed by atoms with E-state index in [-0.39, 0.29) is 5.91 Å². The first-order chi connectivity index (χ1) is 3.72. The van der Waals surface area contributed by atoms with Crippen LogP contribution in [-0.2, 0) is 4.79 Å². The van der Waals surface area contributed by atoms with Gasteiger partial charge in [-0.05, 0) is 0 Å². The van der Waals surface area contributed by atoms with Crippen molar-refractivity contribution in [2.75, 3.05) is 0 Å². The third kappa shape index (κ3) is 0.713. The van der Waals surface area contributed by atoms with Gasteiger partial charge in [-0.25, -0.2) is 4.79 Å². The molecule has 0 saturated carbocycles. The molecule has 0 bridgehead atoms. The van der Waals surface area contributed by atoms with Gasteiger partial charge < -0.3 is 0 Å². The van der Waals surface area contributed by atoms with Crippen LogP contribution in [0.2, 0.25) is 0 Å². The number of carbonyl (C=O) groups is 1. The molecule has 2 heteroatoms. The van der Waals surface area contributed by atoms with E-state index >= 15 is 0 Å². The van der Waals surface area contributed by atoms with Gasteiger partial charge in [0.15, 0.2) is 0 Å². The number of carbonyl (C=O) groups excluding carboxylic acids is 1. The van der Waals surface area contributed by atoms with E-state index in [0.717, 1.165) is 12.5 Å². The van der Waals surface area contributed by atoms with Crippen molar-refractivity contribution in [2.24, 2.45) is 0 Å². The van der Waals surface area contributed by atoms with Crippen molar-refractivity contribution >= 4 is 5.91 Å². The Labute approximate surface area is 49.5 Å². The molecule has 1 amide bonds. The van der Waals surface area contributed by atoms with E-state index in [1.807, 2.05) is 0 Å². The van der Waals surface area contributed by atoms with Gasteiger partial charge in [-0.3, -0.25) is 4.90 Å². The van der Waals surface area contributed by atoms with Crippen molar-refractivity contribution in [2.45, 2.75) is 12.8 Å². The molecule has 0 aliphatic carbocycles. The molecule has 1 rings (SSSR count). The highest BCUT2D eigenvalue weighted by atomic mass is 16.2. The van der Waals surface area contributed by atoms with Crippen LogP contribution in [-0.4, -0.2) is 5.91 Å². The fraction of sp³-hybridized carbons (Fsp3) is 0.333. The van der Waals surface area contributed by atoms with Gasteiger partial charge in [0.05, 0.1) is 6.04 Å². The highest BCUT2D eigenvalue weighted by Gasteiger charge is 2.30. The molecule has 0 spiro atoms. The number of likely N-dealkylation sites (tertiary alicyclic amines) is 1. The van der Waals surface area contributed by atoms with Crippen LogP contribution in [0.25, 0.3) is 0 Å². The lowest BCUT2D eigenvalue weighted by Gasteiger charge is -2.07. The normalized spacial score (nSPS) is 29.5. The molecule has 1 heterocycles. The zero-order chi connectivity index (χ0) is 6.15. The number of hydrogen-bond acceptors (Lipinski definition) is 1. The Morgan fingerprint density at radius 3 is 2.50 bits per heavy atom. The Bertz CT molecular complexity index is 111. The molecule has 44 valence electrons. The summed E-state index contributed by atoms with van der Waals surface area (Å²) in [5, 5.41) is 0. The summed E-state index contributed by atoms with van der Waals surface area (Å²) in [6, 6.07) is 0.912. The van der Waals surface area contributed by atoms with Crippen LogP contribution >= 0.6 is 0 Å². The average Bonchev–Trinajstić information content (AvgIpc) is 1.98. The smallest absolute Gasteiger partial charge is 0.265 e. The van der Waals surface area contributed by atoms with E-state index in [9.17, 15) is 4.79 Å². The van der Waals surface area contributed by atoms with E-state index < -0.39 is 0 Å². The lowest BCUT2D eigenvalue weighted by atomic mass is 10.2. The van der Waals surface area contributed by atoms with Crippen molar-refractivity contribution in [3.05, 3.63) is 20.0 Å². The second kappa shape index (κ2) is 1.78. The summed E-state index contributed by atoms with van der Waals surface area (Å²) < 4.78 is 0. The SMILES string of the molecule is [CH2-][C+]1CCC(=O)[NH+]1[CH2-]. The Hall–Kier alpha value is -0.500. The number of quaternary nitrogens is 1. The molecule has 2 nitrogen and oxygen atoms in total. The standard InChI is InChI=1S/C6H9NO/c1-5-3-4-6(8)7(5)2/h7H,1-4H2. The minimum atomic E-state index is 0.162. The van der Waals surface area contributed by atoms with Crippen LogP contribution in [0.3, 0.4) is 0 Å². The van der Waals surface area contributed by atoms with E-state index in [4.69, 9.17) is 0 Å². The Kier molecular flexibility index (Phi) is 1.26. The average molecular weight is 111 g/mol. The van der Waals surface area contributed by atoms with Gasteiger partial charge in [0, 0.05) is 0 Å². The molecule has 1 aliphatic rings. The summed E-state index contributed by atoms with van der Waals surface area (Å²) in [7, 11) is 3.57. The molecule has 1 aliphatic heterocycles. The molecule has 8 heavy (non-hydrogen) atoms. The van der Waals surface area contributed by atoms with Crippen LogP contribution in [0.4, 0.5) is 0 Å². The van der Waals surface area contributed by atoms with Crippen molar-refractivity contribution in [3.8, 4) is 0 Å². The lowest BCUT2D eigenvalue weighted by molar-refractivity contribution is -0.743. The van der Waals surface area contributed by atoms with Crippen LogP contribution < -0.4 is 4.90 Å². The molecular formula is C6H9NO. The van der Waals surface area contributed by atoms with E-state index in [1.165, 1.54) is 0 Å². The molecule has 0 aromatic heterocycles. The zero-order valence-electron chi connectivity index (χ0n) is 4.74. The van der Waals surface area contributed by atoms with Gasteiger partial charge in [-0.2, -0.15) is 0 Å². The summed E-state index contributed by atoms with van der Waals surface area (Å²) >= 11 is 0. The van der Waals surface area contributed by atoms with Crippen LogP contribution in [0.1, 0.15) is 12.8 Å². The highest BCUT2D eigenvalue weighted by molar-refractivity contribution is 5.69.